The maximum absolute atomic E-state index is 12.6. The van der Waals surface area contributed by atoms with Crippen molar-refractivity contribution in [3.05, 3.63) is 23.8 Å². The van der Waals surface area contributed by atoms with E-state index in [-0.39, 0.29) is 11.9 Å². The van der Waals surface area contributed by atoms with E-state index in [1.54, 1.807) is 20.3 Å². The normalized spacial score (nSPS) is 17.6. The Hall–Kier alpha value is -2.48. The Balaban J connectivity index is 1.52. The average Bonchev–Trinajstić information content (AvgIpc) is 2.73. The lowest BCUT2D eigenvalue weighted by molar-refractivity contribution is -0.131. The van der Waals surface area contributed by atoms with E-state index in [0.717, 1.165) is 5.56 Å². The number of hydrogen-bond donors (Lipinski definition) is 0. The summed E-state index contributed by atoms with van der Waals surface area (Å²) in [6.07, 6.45) is 0.303. The van der Waals surface area contributed by atoms with Crippen molar-refractivity contribution >= 4 is 11.9 Å². The molecule has 0 unspecified atom stereocenters. The van der Waals surface area contributed by atoms with Crippen LogP contribution in [0.25, 0.3) is 0 Å². The molecule has 27 heavy (non-hydrogen) atoms. The highest BCUT2D eigenvalue weighted by Crippen LogP contribution is 2.27. The van der Waals surface area contributed by atoms with Crippen LogP contribution in [0, 0.1) is 0 Å². The van der Waals surface area contributed by atoms with E-state index >= 15 is 0 Å². The second kappa shape index (κ2) is 8.94. The second-order valence-corrected chi connectivity index (χ2v) is 6.62. The Morgan fingerprint density at radius 2 is 1.48 bits per heavy atom. The molecule has 0 radical (unpaired) electrons. The molecule has 3 amide bonds. The van der Waals surface area contributed by atoms with Crippen molar-refractivity contribution in [1.29, 1.82) is 0 Å². The number of urea groups is 1. The van der Waals surface area contributed by atoms with Crippen LogP contribution in [0.15, 0.2) is 18.2 Å². The number of nitrogens with zero attached hydrogens (tertiary/aromatic N) is 3. The molecular formula is C19H27N3O5. The molecule has 0 aliphatic carbocycles. The van der Waals surface area contributed by atoms with Gasteiger partial charge >= 0.3 is 6.03 Å². The maximum atomic E-state index is 12.6. The van der Waals surface area contributed by atoms with Gasteiger partial charge in [0.05, 0.1) is 33.9 Å². The molecule has 2 fully saturated rings. The van der Waals surface area contributed by atoms with Crippen LogP contribution in [-0.4, -0.2) is 93.3 Å². The van der Waals surface area contributed by atoms with Gasteiger partial charge in [0.1, 0.15) is 0 Å². The van der Waals surface area contributed by atoms with Crippen LogP contribution < -0.4 is 9.47 Å². The lowest BCUT2D eigenvalue weighted by Gasteiger charge is -2.38. The molecule has 2 aliphatic heterocycles. The summed E-state index contributed by atoms with van der Waals surface area (Å²) >= 11 is 0. The minimum atomic E-state index is 0.0466. The number of benzene rings is 1. The van der Waals surface area contributed by atoms with Gasteiger partial charge in [-0.25, -0.2) is 4.79 Å². The summed E-state index contributed by atoms with van der Waals surface area (Å²) < 4.78 is 15.8. The monoisotopic (exact) mass is 377 g/mol. The molecule has 0 spiro atoms. The Morgan fingerprint density at radius 1 is 0.889 bits per heavy atom. The third-order valence-electron chi connectivity index (χ3n) is 4.99. The fourth-order valence-corrected chi connectivity index (χ4v) is 3.38. The number of amides is 3. The summed E-state index contributed by atoms with van der Waals surface area (Å²) in [5, 5.41) is 0. The molecule has 1 aromatic rings. The van der Waals surface area contributed by atoms with Gasteiger partial charge in [0.25, 0.3) is 0 Å². The van der Waals surface area contributed by atoms with Crippen LogP contribution in [0.4, 0.5) is 4.79 Å². The van der Waals surface area contributed by atoms with E-state index in [2.05, 4.69) is 0 Å². The fourth-order valence-electron chi connectivity index (χ4n) is 3.38. The highest BCUT2D eigenvalue weighted by molar-refractivity contribution is 5.80. The molecule has 2 heterocycles. The standard InChI is InChI=1S/C19H27N3O5/c1-25-16-4-3-15(13-17(16)26-2)14-18(23)20-5-7-21(8-6-20)19(24)22-9-11-27-12-10-22/h3-4,13H,5-12,14H2,1-2H3. The van der Waals surface area contributed by atoms with Gasteiger partial charge in [-0.1, -0.05) is 6.07 Å². The molecule has 2 saturated heterocycles. The lowest BCUT2D eigenvalue weighted by Crippen LogP contribution is -2.55. The van der Waals surface area contributed by atoms with Gasteiger partial charge < -0.3 is 28.9 Å². The van der Waals surface area contributed by atoms with Crippen molar-refractivity contribution in [1.82, 2.24) is 14.7 Å². The zero-order valence-electron chi connectivity index (χ0n) is 16.0. The smallest absolute Gasteiger partial charge is 0.320 e. The van der Waals surface area contributed by atoms with E-state index in [4.69, 9.17) is 14.2 Å². The van der Waals surface area contributed by atoms with Crippen LogP contribution in [0.5, 0.6) is 11.5 Å². The summed E-state index contributed by atoms with van der Waals surface area (Å²) in [4.78, 5) is 30.6. The third-order valence-corrected chi connectivity index (χ3v) is 4.99. The zero-order chi connectivity index (χ0) is 19.2. The molecule has 0 saturated carbocycles. The Bertz CT molecular complexity index is 667. The summed E-state index contributed by atoms with van der Waals surface area (Å²) in [6.45, 7) is 4.70. The average molecular weight is 377 g/mol. The van der Waals surface area contributed by atoms with Crippen LogP contribution >= 0.6 is 0 Å². The first-order chi connectivity index (χ1) is 13.1. The van der Waals surface area contributed by atoms with Gasteiger partial charge in [-0.3, -0.25) is 4.79 Å². The molecule has 0 aromatic heterocycles. The SMILES string of the molecule is COc1ccc(CC(=O)N2CCN(C(=O)N3CCOCC3)CC2)cc1OC. The summed E-state index contributed by atoms with van der Waals surface area (Å²) in [7, 11) is 3.16. The topological polar surface area (TPSA) is 71.6 Å². The van der Waals surface area contributed by atoms with Crippen molar-refractivity contribution in [3.63, 3.8) is 0 Å². The quantitative estimate of drug-likeness (QED) is 0.778. The van der Waals surface area contributed by atoms with Crippen molar-refractivity contribution in [2.45, 2.75) is 6.42 Å². The number of carbonyl (C=O) groups is 2. The van der Waals surface area contributed by atoms with Gasteiger partial charge in [0.2, 0.25) is 5.91 Å². The first-order valence-corrected chi connectivity index (χ1v) is 9.22. The van der Waals surface area contributed by atoms with Crippen LogP contribution in [0.2, 0.25) is 0 Å². The molecule has 8 nitrogen and oxygen atoms in total. The molecule has 2 aliphatic rings. The summed E-state index contributed by atoms with van der Waals surface area (Å²) in [5.41, 5.74) is 0.879. The molecule has 3 rings (SSSR count). The predicted octanol–water partition coefficient (Wildman–Crippen LogP) is 0.843. The van der Waals surface area contributed by atoms with Crippen molar-refractivity contribution in [2.24, 2.45) is 0 Å². The minimum Gasteiger partial charge on any atom is -0.493 e. The highest BCUT2D eigenvalue weighted by atomic mass is 16.5. The van der Waals surface area contributed by atoms with Crippen molar-refractivity contribution in [3.8, 4) is 11.5 Å². The Kier molecular flexibility index (Phi) is 6.39. The van der Waals surface area contributed by atoms with Crippen LogP contribution in [0.1, 0.15) is 5.56 Å². The molecule has 0 atom stereocenters. The number of morpholine rings is 1. The molecule has 148 valence electrons. The van der Waals surface area contributed by atoms with Gasteiger partial charge in [-0.05, 0) is 17.7 Å². The lowest BCUT2D eigenvalue weighted by atomic mass is 10.1. The van der Waals surface area contributed by atoms with Crippen molar-refractivity contribution < 1.29 is 23.8 Å². The first kappa shape index (κ1) is 19.3. The van der Waals surface area contributed by atoms with E-state index in [9.17, 15) is 9.59 Å². The molecule has 8 heteroatoms. The first-order valence-electron chi connectivity index (χ1n) is 9.22. The molecule has 0 N–H and O–H groups in total. The van der Waals surface area contributed by atoms with E-state index < -0.39 is 0 Å². The Labute approximate surface area is 159 Å². The van der Waals surface area contributed by atoms with Gasteiger partial charge in [0.15, 0.2) is 11.5 Å². The van der Waals surface area contributed by atoms with E-state index in [1.165, 1.54) is 0 Å². The third kappa shape index (κ3) is 4.63. The molecule has 0 bridgehead atoms. The minimum absolute atomic E-state index is 0.0466. The van der Waals surface area contributed by atoms with Gasteiger partial charge in [0, 0.05) is 39.3 Å². The predicted molar refractivity (Wildman–Crippen MR) is 99.2 cm³/mol. The van der Waals surface area contributed by atoms with E-state index in [1.807, 2.05) is 26.8 Å². The largest absolute Gasteiger partial charge is 0.493 e. The van der Waals surface area contributed by atoms with Crippen molar-refractivity contribution in [2.75, 3.05) is 66.7 Å². The number of hydrogen-bond acceptors (Lipinski definition) is 5. The van der Waals surface area contributed by atoms with E-state index in [0.29, 0.717) is 70.4 Å². The number of methoxy groups -OCH3 is 2. The maximum Gasteiger partial charge on any atom is 0.320 e. The second-order valence-electron chi connectivity index (χ2n) is 6.62. The number of piperazine rings is 1. The summed E-state index contributed by atoms with van der Waals surface area (Å²) in [6, 6.07) is 5.55. The van der Waals surface area contributed by atoms with Gasteiger partial charge in [-0.15, -0.1) is 0 Å². The number of rotatable bonds is 4. The van der Waals surface area contributed by atoms with Crippen LogP contribution in [-0.2, 0) is 16.0 Å². The number of carbonyl (C=O) groups excluding carboxylic acids is 2. The number of ether oxygens (including phenoxy) is 3. The fraction of sp³-hybridized carbons (Fsp3) is 0.579. The molecule has 1 aromatic carbocycles. The Morgan fingerprint density at radius 3 is 2.11 bits per heavy atom. The van der Waals surface area contributed by atoms with Gasteiger partial charge in [-0.2, -0.15) is 0 Å². The zero-order valence-corrected chi connectivity index (χ0v) is 16.0. The van der Waals surface area contributed by atoms with Crippen LogP contribution in [0.3, 0.4) is 0 Å². The summed E-state index contributed by atoms with van der Waals surface area (Å²) in [5.74, 6) is 1.31. The highest BCUT2D eigenvalue weighted by Gasteiger charge is 2.28. The molecular weight excluding hydrogens is 350 g/mol.